The van der Waals surface area contributed by atoms with Crippen molar-refractivity contribution in [2.24, 2.45) is 5.84 Å². The van der Waals surface area contributed by atoms with Crippen LogP contribution in [0.3, 0.4) is 0 Å². The number of hydrogen-bond acceptors (Lipinski definition) is 4. The maximum absolute atomic E-state index is 5.96. The number of rotatable bonds is 3. The maximum atomic E-state index is 5.96. The van der Waals surface area contributed by atoms with Crippen LogP contribution in [0.4, 0.5) is 5.82 Å². The van der Waals surface area contributed by atoms with E-state index in [1.807, 2.05) is 19.1 Å². The van der Waals surface area contributed by atoms with E-state index >= 15 is 0 Å². The van der Waals surface area contributed by atoms with Crippen molar-refractivity contribution in [1.29, 1.82) is 0 Å². The molecule has 0 saturated carbocycles. The molecule has 0 unspecified atom stereocenters. The third-order valence-corrected chi connectivity index (χ3v) is 3.13. The van der Waals surface area contributed by atoms with Crippen LogP contribution in [0.15, 0.2) is 24.3 Å². The Balaban J connectivity index is 2.27. The Morgan fingerprint density at radius 3 is 2.61 bits per heavy atom. The van der Waals surface area contributed by atoms with E-state index < -0.39 is 0 Å². The van der Waals surface area contributed by atoms with Gasteiger partial charge < -0.3 is 5.43 Å². The Kier molecular flexibility index (Phi) is 4.01. The largest absolute Gasteiger partial charge is 0.308 e. The highest BCUT2D eigenvalue weighted by Gasteiger charge is 2.05. The molecule has 0 atom stereocenters. The van der Waals surface area contributed by atoms with Gasteiger partial charge in [0.05, 0.1) is 10.0 Å². The highest BCUT2D eigenvalue weighted by Crippen LogP contribution is 2.23. The van der Waals surface area contributed by atoms with Gasteiger partial charge in [0.1, 0.15) is 11.6 Å². The lowest BCUT2D eigenvalue weighted by atomic mass is 10.1. The SMILES string of the molecule is Cc1cc(NN)nc(Cc2ccc(Cl)c(Cl)c2)n1. The van der Waals surface area contributed by atoms with Crippen LogP contribution in [0.5, 0.6) is 0 Å². The van der Waals surface area contributed by atoms with Gasteiger partial charge >= 0.3 is 0 Å². The molecule has 0 aliphatic carbocycles. The fraction of sp³-hybridized carbons (Fsp3) is 0.167. The number of hydrazine groups is 1. The molecule has 0 spiro atoms. The summed E-state index contributed by atoms with van der Waals surface area (Å²) >= 11 is 11.8. The van der Waals surface area contributed by atoms with E-state index in [9.17, 15) is 0 Å². The normalized spacial score (nSPS) is 10.4. The summed E-state index contributed by atoms with van der Waals surface area (Å²) in [6, 6.07) is 7.25. The summed E-state index contributed by atoms with van der Waals surface area (Å²) in [7, 11) is 0. The summed E-state index contributed by atoms with van der Waals surface area (Å²) in [4.78, 5) is 8.62. The third kappa shape index (κ3) is 3.10. The lowest BCUT2D eigenvalue weighted by molar-refractivity contribution is 0.940. The van der Waals surface area contributed by atoms with Gasteiger partial charge in [0.2, 0.25) is 0 Å². The molecule has 0 saturated heterocycles. The molecule has 3 N–H and O–H groups in total. The average molecular weight is 283 g/mol. The van der Waals surface area contributed by atoms with Crippen LogP contribution in [0, 0.1) is 6.92 Å². The Hall–Kier alpha value is -1.36. The van der Waals surface area contributed by atoms with Gasteiger partial charge in [0.15, 0.2) is 0 Å². The highest BCUT2D eigenvalue weighted by molar-refractivity contribution is 6.42. The van der Waals surface area contributed by atoms with Crippen LogP contribution >= 0.6 is 23.2 Å². The van der Waals surface area contributed by atoms with Crippen molar-refractivity contribution in [3.8, 4) is 0 Å². The van der Waals surface area contributed by atoms with Crippen molar-refractivity contribution < 1.29 is 0 Å². The molecule has 0 radical (unpaired) electrons. The van der Waals surface area contributed by atoms with Crippen molar-refractivity contribution >= 4 is 29.0 Å². The number of hydrogen-bond donors (Lipinski definition) is 2. The van der Waals surface area contributed by atoms with Crippen LogP contribution in [-0.4, -0.2) is 9.97 Å². The molecular formula is C12H12Cl2N4. The van der Waals surface area contributed by atoms with Gasteiger partial charge in [-0.25, -0.2) is 15.8 Å². The fourth-order valence-electron chi connectivity index (χ4n) is 1.62. The Labute approximate surface area is 115 Å². The van der Waals surface area contributed by atoms with Gasteiger partial charge in [-0.1, -0.05) is 29.3 Å². The first-order valence-electron chi connectivity index (χ1n) is 5.33. The van der Waals surface area contributed by atoms with Crippen molar-refractivity contribution in [2.45, 2.75) is 13.3 Å². The van der Waals surface area contributed by atoms with E-state index in [2.05, 4.69) is 15.4 Å². The molecule has 0 amide bonds. The summed E-state index contributed by atoms with van der Waals surface area (Å²) < 4.78 is 0. The van der Waals surface area contributed by atoms with Crippen LogP contribution in [0.25, 0.3) is 0 Å². The predicted octanol–water partition coefficient (Wildman–Crippen LogP) is 2.97. The minimum Gasteiger partial charge on any atom is -0.308 e. The monoisotopic (exact) mass is 282 g/mol. The Morgan fingerprint density at radius 1 is 1.17 bits per heavy atom. The molecule has 0 aliphatic rings. The van der Waals surface area contributed by atoms with Gasteiger partial charge in [0, 0.05) is 18.2 Å². The number of halogens is 2. The predicted molar refractivity (Wildman–Crippen MR) is 73.8 cm³/mol. The zero-order valence-electron chi connectivity index (χ0n) is 9.74. The van der Waals surface area contributed by atoms with Crippen LogP contribution < -0.4 is 11.3 Å². The minimum atomic E-state index is 0.527. The molecule has 2 rings (SSSR count). The second kappa shape index (κ2) is 5.52. The molecule has 4 nitrogen and oxygen atoms in total. The summed E-state index contributed by atoms with van der Waals surface area (Å²) in [5, 5.41) is 1.06. The standard InChI is InChI=1S/C12H12Cl2N4/c1-7-4-12(18-15)17-11(16-7)6-8-2-3-9(13)10(14)5-8/h2-5H,6,15H2,1H3,(H,16,17,18). The molecule has 18 heavy (non-hydrogen) atoms. The van der Waals surface area contributed by atoms with Crippen LogP contribution in [-0.2, 0) is 6.42 Å². The number of nitrogen functional groups attached to an aromatic ring is 1. The highest BCUT2D eigenvalue weighted by atomic mass is 35.5. The van der Waals surface area contributed by atoms with E-state index in [0.29, 0.717) is 28.1 Å². The van der Waals surface area contributed by atoms with E-state index in [0.717, 1.165) is 11.3 Å². The molecular weight excluding hydrogens is 271 g/mol. The van der Waals surface area contributed by atoms with E-state index in [1.54, 1.807) is 12.1 Å². The second-order valence-electron chi connectivity index (χ2n) is 3.88. The second-order valence-corrected chi connectivity index (χ2v) is 4.69. The Morgan fingerprint density at radius 2 is 1.94 bits per heavy atom. The van der Waals surface area contributed by atoms with Gasteiger partial charge in [-0.05, 0) is 24.6 Å². The van der Waals surface area contributed by atoms with Gasteiger partial charge in [-0.15, -0.1) is 0 Å². The smallest absolute Gasteiger partial charge is 0.143 e. The number of nitrogens with zero attached hydrogens (tertiary/aromatic N) is 2. The molecule has 6 heteroatoms. The first-order valence-corrected chi connectivity index (χ1v) is 6.09. The number of nitrogens with one attached hydrogen (secondary N) is 1. The minimum absolute atomic E-state index is 0.527. The lowest BCUT2D eigenvalue weighted by Crippen LogP contribution is -2.11. The number of anilines is 1. The van der Waals surface area contributed by atoms with Crippen molar-refractivity contribution in [3.63, 3.8) is 0 Å². The van der Waals surface area contributed by atoms with Crippen molar-refractivity contribution in [1.82, 2.24) is 9.97 Å². The molecule has 2 aromatic rings. The van der Waals surface area contributed by atoms with E-state index in [1.165, 1.54) is 0 Å². The van der Waals surface area contributed by atoms with Gasteiger partial charge in [-0.3, -0.25) is 0 Å². The van der Waals surface area contributed by atoms with Crippen LogP contribution in [0.1, 0.15) is 17.1 Å². The van der Waals surface area contributed by atoms with E-state index in [-0.39, 0.29) is 0 Å². The molecule has 1 aromatic carbocycles. The molecule has 0 fully saturated rings. The summed E-state index contributed by atoms with van der Waals surface area (Å²) in [5.41, 5.74) is 4.37. The number of aromatic nitrogens is 2. The quantitative estimate of drug-likeness (QED) is 0.671. The van der Waals surface area contributed by atoms with Crippen LogP contribution in [0.2, 0.25) is 10.0 Å². The number of benzene rings is 1. The zero-order chi connectivity index (χ0) is 13.1. The topological polar surface area (TPSA) is 63.8 Å². The van der Waals surface area contributed by atoms with E-state index in [4.69, 9.17) is 29.0 Å². The summed E-state index contributed by atoms with van der Waals surface area (Å²) in [6.07, 6.45) is 0.577. The maximum Gasteiger partial charge on any atom is 0.143 e. The molecule has 0 bridgehead atoms. The lowest BCUT2D eigenvalue weighted by Gasteiger charge is -2.06. The zero-order valence-corrected chi connectivity index (χ0v) is 11.3. The number of nitrogens with two attached hydrogens (primary N) is 1. The molecule has 94 valence electrons. The fourth-order valence-corrected chi connectivity index (χ4v) is 1.94. The first kappa shape index (κ1) is 13.1. The first-order chi connectivity index (χ1) is 8.58. The molecule has 0 aliphatic heterocycles. The summed E-state index contributed by atoms with van der Waals surface area (Å²) in [6.45, 7) is 1.89. The molecule has 1 aromatic heterocycles. The van der Waals surface area contributed by atoms with Crippen molar-refractivity contribution in [2.75, 3.05) is 5.43 Å². The van der Waals surface area contributed by atoms with Gasteiger partial charge in [0.25, 0.3) is 0 Å². The number of aryl methyl sites for hydroxylation is 1. The van der Waals surface area contributed by atoms with Gasteiger partial charge in [-0.2, -0.15) is 0 Å². The van der Waals surface area contributed by atoms with Crippen molar-refractivity contribution in [3.05, 3.63) is 51.4 Å². The average Bonchev–Trinajstić information content (AvgIpc) is 2.33. The third-order valence-electron chi connectivity index (χ3n) is 2.39. The Bertz CT molecular complexity index is 572. The molecule has 1 heterocycles. The summed E-state index contributed by atoms with van der Waals surface area (Å²) in [5.74, 6) is 6.62.